The van der Waals surface area contributed by atoms with Crippen molar-refractivity contribution in [2.45, 2.75) is 9.79 Å². The highest BCUT2D eigenvalue weighted by Gasteiger charge is 2.24. The molecule has 2 aromatic rings. The molecule has 1 aromatic carbocycles. The number of benzene rings is 1. The highest BCUT2D eigenvalue weighted by molar-refractivity contribution is 7.86. The van der Waals surface area contributed by atoms with Crippen molar-refractivity contribution in [1.29, 1.82) is 0 Å². The van der Waals surface area contributed by atoms with Gasteiger partial charge in [0.05, 0.1) is 16.8 Å². The number of nitrogens with one attached hydrogen (secondary N) is 1. The summed E-state index contributed by atoms with van der Waals surface area (Å²) >= 11 is 0. The zero-order valence-corrected chi connectivity index (χ0v) is 13.5. The Morgan fingerprint density at radius 1 is 1.17 bits per heavy atom. The average Bonchev–Trinajstić information content (AvgIpc) is 2.86. The van der Waals surface area contributed by atoms with Crippen molar-refractivity contribution in [1.82, 2.24) is 15.1 Å². The van der Waals surface area contributed by atoms with Crippen molar-refractivity contribution in [3.05, 3.63) is 30.1 Å². The van der Waals surface area contributed by atoms with Crippen LogP contribution in [0.2, 0.25) is 0 Å². The van der Waals surface area contributed by atoms with E-state index in [1.807, 2.05) is 0 Å². The summed E-state index contributed by atoms with van der Waals surface area (Å²) in [5.41, 5.74) is -0.770. The smallest absolute Gasteiger partial charge is 0.296 e. The number of carbonyl (C=O) groups excluding carboxylic acids is 1. The van der Waals surface area contributed by atoms with Crippen LogP contribution in [-0.2, 0) is 20.2 Å². The topological polar surface area (TPSA) is 176 Å². The average molecular weight is 377 g/mol. The van der Waals surface area contributed by atoms with E-state index in [1.165, 1.54) is 7.05 Å². The zero-order chi connectivity index (χ0) is 18.3. The Kier molecular flexibility index (Phi) is 4.36. The van der Waals surface area contributed by atoms with Gasteiger partial charge in [0.1, 0.15) is 4.90 Å². The van der Waals surface area contributed by atoms with Gasteiger partial charge in [0.2, 0.25) is 0 Å². The van der Waals surface area contributed by atoms with Crippen LogP contribution in [0.5, 0.6) is 5.75 Å². The molecule has 13 heteroatoms. The summed E-state index contributed by atoms with van der Waals surface area (Å²) in [6.45, 7) is 0. The van der Waals surface area contributed by atoms with Crippen molar-refractivity contribution >= 4 is 26.1 Å². The van der Waals surface area contributed by atoms with Gasteiger partial charge >= 0.3 is 0 Å². The molecule has 0 aliphatic heterocycles. The summed E-state index contributed by atoms with van der Waals surface area (Å²) in [5.74, 6) is -1.33. The van der Waals surface area contributed by atoms with E-state index in [2.05, 4.69) is 10.4 Å². The van der Waals surface area contributed by atoms with E-state index >= 15 is 0 Å². The molecule has 24 heavy (non-hydrogen) atoms. The van der Waals surface area contributed by atoms with E-state index < -0.39 is 47.4 Å². The first-order valence-electron chi connectivity index (χ1n) is 6.05. The lowest BCUT2D eigenvalue weighted by atomic mass is 10.3. The summed E-state index contributed by atoms with van der Waals surface area (Å²) in [7, 11) is -8.35. The molecular formula is C11H11N3O8S2. The lowest BCUT2D eigenvalue weighted by Gasteiger charge is -2.08. The minimum absolute atomic E-state index is 0.352. The predicted molar refractivity (Wildman–Crippen MR) is 78.2 cm³/mol. The highest BCUT2D eigenvalue weighted by Crippen LogP contribution is 2.26. The minimum atomic E-state index is -4.91. The van der Waals surface area contributed by atoms with Crippen molar-refractivity contribution in [2.75, 3.05) is 7.05 Å². The van der Waals surface area contributed by atoms with E-state index in [-0.39, 0.29) is 5.69 Å². The van der Waals surface area contributed by atoms with Crippen molar-refractivity contribution in [2.24, 2.45) is 0 Å². The zero-order valence-electron chi connectivity index (χ0n) is 11.9. The number of hydrogen-bond acceptors (Lipinski definition) is 7. The number of rotatable bonds is 4. The summed E-state index contributed by atoms with van der Waals surface area (Å²) in [6.07, 6.45) is 0.891. The minimum Gasteiger partial charge on any atom is -0.504 e. The first kappa shape index (κ1) is 17.9. The van der Waals surface area contributed by atoms with Crippen molar-refractivity contribution in [3.8, 4) is 11.4 Å². The molecule has 0 saturated heterocycles. The van der Waals surface area contributed by atoms with Crippen molar-refractivity contribution < 1.29 is 35.8 Å². The molecule has 0 aliphatic carbocycles. The summed E-state index contributed by atoms with van der Waals surface area (Å²) in [6, 6.07) is 2.29. The number of nitrogens with zero attached hydrogens (tertiary/aromatic N) is 2. The monoisotopic (exact) mass is 377 g/mol. The van der Waals surface area contributed by atoms with Crippen molar-refractivity contribution in [3.63, 3.8) is 0 Å². The number of amides is 1. The molecule has 0 bridgehead atoms. The van der Waals surface area contributed by atoms with E-state index in [9.17, 15) is 31.3 Å². The standard InChI is InChI=1S/C11H11N3O8S2/c1-12-11(16)10-8(15)5-14(13-10)7-3-2-6(23(17,18)19)4-9(7)24(20,21)22/h2-5,15H,1H3,(H,12,16)(H,17,18,19)(H,20,21,22). The Morgan fingerprint density at radius 2 is 1.79 bits per heavy atom. The fourth-order valence-electron chi connectivity index (χ4n) is 1.82. The van der Waals surface area contributed by atoms with Crippen LogP contribution < -0.4 is 5.32 Å². The fourth-order valence-corrected chi connectivity index (χ4v) is 3.10. The third kappa shape index (κ3) is 3.38. The van der Waals surface area contributed by atoms with E-state index in [1.54, 1.807) is 0 Å². The van der Waals surface area contributed by atoms with Crippen LogP contribution in [0.25, 0.3) is 5.69 Å². The Morgan fingerprint density at radius 3 is 2.29 bits per heavy atom. The van der Waals surface area contributed by atoms with Crippen LogP contribution in [0.3, 0.4) is 0 Å². The molecule has 0 aliphatic rings. The Bertz CT molecular complexity index is 1020. The SMILES string of the molecule is CNC(=O)c1nn(-c2ccc(S(=O)(=O)O)cc2S(=O)(=O)O)cc1O. The molecule has 1 aromatic heterocycles. The van der Waals surface area contributed by atoms with Crippen LogP contribution in [0.1, 0.15) is 10.5 Å². The molecule has 2 rings (SSSR count). The Balaban J connectivity index is 2.74. The van der Waals surface area contributed by atoms with E-state index in [4.69, 9.17) is 4.55 Å². The maximum absolute atomic E-state index is 11.5. The van der Waals surface area contributed by atoms with Gasteiger partial charge in [-0.1, -0.05) is 0 Å². The van der Waals surface area contributed by atoms with Gasteiger partial charge in [-0.25, -0.2) is 4.68 Å². The number of carbonyl (C=O) groups is 1. The van der Waals surface area contributed by atoms with Gasteiger partial charge in [0.15, 0.2) is 11.4 Å². The van der Waals surface area contributed by atoms with Gasteiger partial charge in [0, 0.05) is 7.05 Å². The lowest BCUT2D eigenvalue weighted by molar-refractivity contribution is 0.0955. The molecule has 0 fully saturated rings. The molecule has 0 atom stereocenters. The van der Waals surface area contributed by atoms with Gasteiger partial charge in [-0.3, -0.25) is 13.9 Å². The second-order valence-corrected chi connectivity index (χ2v) is 7.28. The Hall–Kier alpha value is -2.48. The van der Waals surface area contributed by atoms with Gasteiger partial charge < -0.3 is 10.4 Å². The molecule has 1 heterocycles. The first-order valence-corrected chi connectivity index (χ1v) is 8.93. The molecular weight excluding hydrogens is 366 g/mol. The summed E-state index contributed by atoms with van der Waals surface area (Å²) in [5, 5.41) is 15.6. The van der Waals surface area contributed by atoms with Gasteiger partial charge in [-0.15, -0.1) is 0 Å². The fraction of sp³-hybridized carbons (Fsp3) is 0.0909. The molecule has 1 amide bonds. The van der Waals surface area contributed by atoms with Gasteiger partial charge in [-0.05, 0) is 18.2 Å². The van der Waals surface area contributed by atoms with Crippen LogP contribution >= 0.6 is 0 Å². The molecule has 11 nitrogen and oxygen atoms in total. The lowest BCUT2D eigenvalue weighted by Crippen LogP contribution is -2.19. The normalized spacial score (nSPS) is 12.1. The third-order valence-electron chi connectivity index (χ3n) is 2.89. The van der Waals surface area contributed by atoms with E-state index in [0.29, 0.717) is 6.07 Å². The summed E-state index contributed by atoms with van der Waals surface area (Å²) in [4.78, 5) is 9.84. The third-order valence-corrected chi connectivity index (χ3v) is 4.62. The van der Waals surface area contributed by atoms with Crippen LogP contribution in [0.4, 0.5) is 0 Å². The largest absolute Gasteiger partial charge is 0.504 e. The highest BCUT2D eigenvalue weighted by atomic mass is 32.2. The van der Waals surface area contributed by atoms with Crippen LogP contribution in [0, 0.1) is 0 Å². The second kappa shape index (κ2) is 5.86. The Labute approximate surface area is 136 Å². The molecule has 0 spiro atoms. The number of hydrogen-bond donors (Lipinski definition) is 4. The molecule has 0 radical (unpaired) electrons. The van der Waals surface area contributed by atoms with Gasteiger partial charge in [-0.2, -0.15) is 21.9 Å². The quantitative estimate of drug-likeness (QED) is 0.508. The predicted octanol–water partition coefficient (Wildman–Crippen LogP) is -0.569. The molecule has 130 valence electrons. The summed E-state index contributed by atoms with van der Waals surface area (Å²) < 4.78 is 64.2. The maximum atomic E-state index is 11.5. The van der Waals surface area contributed by atoms with Crippen LogP contribution in [-0.4, -0.2) is 53.8 Å². The first-order chi connectivity index (χ1) is 10.9. The molecule has 4 N–H and O–H groups in total. The number of aromatic hydroxyl groups is 1. The molecule has 0 saturated carbocycles. The maximum Gasteiger partial charge on any atom is 0.296 e. The van der Waals surface area contributed by atoms with Gasteiger partial charge in [0.25, 0.3) is 26.1 Å². The second-order valence-electron chi connectivity index (χ2n) is 4.47. The molecule has 0 unspecified atom stereocenters. The van der Waals surface area contributed by atoms with Crippen LogP contribution in [0.15, 0.2) is 34.2 Å². The van der Waals surface area contributed by atoms with E-state index in [0.717, 1.165) is 23.0 Å². The number of aromatic nitrogens is 2.